The molecule has 0 spiro atoms. The van der Waals surface area contributed by atoms with Gasteiger partial charge >= 0.3 is 0 Å². The highest BCUT2D eigenvalue weighted by molar-refractivity contribution is 6.58. The van der Waals surface area contributed by atoms with Gasteiger partial charge < -0.3 is 5.32 Å². The highest BCUT2D eigenvalue weighted by Crippen LogP contribution is 2.27. The van der Waals surface area contributed by atoms with E-state index in [4.69, 9.17) is 46.4 Å². The van der Waals surface area contributed by atoms with Gasteiger partial charge in [-0.1, -0.05) is 46.4 Å². The van der Waals surface area contributed by atoms with Gasteiger partial charge in [0.25, 0.3) is 11.8 Å². The third-order valence-corrected chi connectivity index (χ3v) is 4.36. The number of nitrogens with one attached hydrogen (secondary N) is 1. The van der Waals surface area contributed by atoms with Gasteiger partial charge in [-0.2, -0.15) is 0 Å². The molecule has 3 amide bonds. The Morgan fingerprint density at radius 3 is 2.14 bits per heavy atom. The molecule has 0 fully saturated rings. The number of amides is 3. The fourth-order valence-electron chi connectivity index (χ4n) is 1.73. The summed E-state index contributed by atoms with van der Waals surface area (Å²) < 4.78 is 0. The predicted molar refractivity (Wildman–Crippen MR) is 85.2 cm³/mol. The lowest BCUT2D eigenvalue weighted by Gasteiger charge is -2.13. The first-order chi connectivity index (χ1) is 10.3. The van der Waals surface area contributed by atoms with Crippen molar-refractivity contribution in [1.29, 1.82) is 0 Å². The summed E-state index contributed by atoms with van der Waals surface area (Å²) in [6.07, 6.45) is -0.105. The summed E-state index contributed by atoms with van der Waals surface area (Å²) in [6, 6.07) is 4.60. The van der Waals surface area contributed by atoms with Gasteiger partial charge in [-0.05, 0) is 18.2 Å². The van der Waals surface area contributed by atoms with E-state index in [1.165, 1.54) is 12.1 Å². The van der Waals surface area contributed by atoms with Crippen LogP contribution in [0.25, 0.3) is 0 Å². The Morgan fingerprint density at radius 1 is 1.00 bits per heavy atom. The molecular formula is C13H8Cl4N2O3. The Bertz CT molecular complexity index is 679. The average molecular weight is 382 g/mol. The van der Waals surface area contributed by atoms with Crippen LogP contribution in [-0.4, -0.2) is 29.2 Å². The maximum atomic E-state index is 11.8. The van der Waals surface area contributed by atoms with E-state index >= 15 is 0 Å². The first-order valence-electron chi connectivity index (χ1n) is 5.97. The third-order valence-electron chi connectivity index (χ3n) is 2.82. The van der Waals surface area contributed by atoms with Crippen LogP contribution in [-0.2, 0) is 14.4 Å². The highest BCUT2D eigenvalue weighted by Gasteiger charge is 2.36. The zero-order chi connectivity index (χ0) is 16.4. The number of hydrogen-bond acceptors (Lipinski definition) is 3. The van der Waals surface area contributed by atoms with Gasteiger partial charge in [-0.25, -0.2) is 0 Å². The Labute approximate surface area is 145 Å². The van der Waals surface area contributed by atoms with Crippen LogP contribution in [0, 0.1) is 0 Å². The Balaban J connectivity index is 1.93. The van der Waals surface area contributed by atoms with E-state index in [9.17, 15) is 14.4 Å². The zero-order valence-corrected chi connectivity index (χ0v) is 13.9. The molecule has 0 unspecified atom stereocenters. The number of nitrogens with zero attached hydrogens (tertiary/aromatic N) is 1. The first-order valence-corrected chi connectivity index (χ1v) is 7.49. The highest BCUT2D eigenvalue weighted by atomic mass is 35.5. The number of rotatable bonds is 4. The van der Waals surface area contributed by atoms with Gasteiger partial charge in [-0.15, -0.1) is 0 Å². The average Bonchev–Trinajstić information content (AvgIpc) is 2.65. The van der Waals surface area contributed by atoms with Gasteiger partial charge in [-0.3, -0.25) is 19.3 Å². The van der Waals surface area contributed by atoms with Crippen molar-refractivity contribution in [2.45, 2.75) is 6.42 Å². The van der Waals surface area contributed by atoms with E-state index < -0.39 is 17.7 Å². The number of benzene rings is 1. The van der Waals surface area contributed by atoms with Crippen LogP contribution in [0.2, 0.25) is 10.0 Å². The topological polar surface area (TPSA) is 66.5 Å². The van der Waals surface area contributed by atoms with Crippen LogP contribution in [0.5, 0.6) is 0 Å². The number of anilines is 1. The molecule has 0 saturated heterocycles. The number of imide groups is 1. The fourth-order valence-corrected chi connectivity index (χ4v) is 2.39. The third kappa shape index (κ3) is 3.55. The van der Waals surface area contributed by atoms with Crippen LogP contribution in [0.15, 0.2) is 28.3 Å². The zero-order valence-electron chi connectivity index (χ0n) is 10.8. The van der Waals surface area contributed by atoms with Gasteiger partial charge in [0.2, 0.25) is 5.91 Å². The monoisotopic (exact) mass is 380 g/mol. The first kappa shape index (κ1) is 17.1. The predicted octanol–water partition coefficient (Wildman–Crippen LogP) is 3.38. The summed E-state index contributed by atoms with van der Waals surface area (Å²) in [5.41, 5.74) is 0.452. The summed E-state index contributed by atoms with van der Waals surface area (Å²) >= 11 is 22.8. The molecule has 116 valence electrons. The molecule has 0 aromatic heterocycles. The van der Waals surface area contributed by atoms with Crippen molar-refractivity contribution < 1.29 is 14.4 Å². The molecule has 9 heteroatoms. The van der Waals surface area contributed by atoms with E-state index in [2.05, 4.69) is 5.32 Å². The molecule has 1 aliphatic rings. The minimum absolute atomic E-state index is 0.105. The standard InChI is InChI=1S/C13H8Cl4N2O3/c14-7-2-1-6(5-8(7)15)18-9(20)3-4-19-12(21)10(16)11(17)13(19)22/h1-2,5H,3-4H2,(H,18,20). The van der Waals surface area contributed by atoms with Crippen molar-refractivity contribution in [3.8, 4) is 0 Å². The van der Waals surface area contributed by atoms with Crippen LogP contribution in [0.1, 0.15) is 6.42 Å². The summed E-state index contributed by atoms with van der Waals surface area (Å²) in [5, 5.41) is 2.56. The van der Waals surface area contributed by atoms with Gasteiger partial charge in [0.15, 0.2) is 0 Å². The largest absolute Gasteiger partial charge is 0.326 e. The number of halogens is 4. The molecule has 0 atom stereocenters. The molecule has 1 aromatic rings. The van der Waals surface area contributed by atoms with Crippen molar-refractivity contribution in [1.82, 2.24) is 4.90 Å². The van der Waals surface area contributed by atoms with Crippen LogP contribution >= 0.6 is 46.4 Å². The molecule has 22 heavy (non-hydrogen) atoms. The smallest absolute Gasteiger partial charge is 0.274 e. The second kappa shape index (κ2) is 6.87. The second-order valence-electron chi connectivity index (χ2n) is 4.32. The molecule has 1 aliphatic heterocycles. The molecule has 1 aromatic carbocycles. The fraction of sp³-hybridized carbons (Fsp3) is 0.154. The Kier molecular flexibility index (Phi) is 5.34. The van der Waals surface area contributed by atoms with Gasteiger partial charge in [0.1, 0.15) is 10.1 Å². The quantitative estimate of drug-likeness (QED) is 0.813. The molecule has 0 saturated carbocycles. The van der Waals surface area contributed by atoms with Crippen LogP contribution in [0.4, 0.5) is 5.69 Å². The molecule has 1 N–H and O–H groups in total. The van der Waals surface area contributed by atoms with Crippen molar-refractivity contribution in [2.75, 3.05) is 11.9 Å². The normalized spacial score (nSPS) is 14.8. The van der Waals surface area contributed by atoms with E-state index in [1.54, 1.807) is 6.07 Å². The molecular weight excluding hydrogens is 374 g/mol. The summed E-state index contributed by atoms with van der Waals surface area (Å²) in [5.74, 6) is -1.82. The van der Waals surface area contributed by atoms with E-state index in [0.29, 0.717) is 15.7 Å². The summed E-state index contributed by atoms with van der Waals surface area (Å²) in [7, 11) is 0. The van der Waals surface area contributed by atoms with Crippen molar-refractivity contribution >= 4 is 69.8 Å². The van der Waals surface area contributed by atoms with Gasteiger partial charge in [0.05, 0.1) is 10.0 Å². The molecule has 5 nitrogen and oxygen atoms in total. The second-order valence-corrected chi connectivity index (χ2v) is 5.89. The van der Waals surface area contributed by atoms with Crippen molar-refractivity contribution in [3.05, 3.63) is 38.3 Å². The lowest BCUT2D eigenvalue weighted by atomic mass is 10.3. The maximum Gasteiger partial charge on any atom is 0.274 e. The van der Waals surface area contributed by atoms with E-state index in [1.807, 2.05) is 0 Å². The Hall–Kier alpha value is -1.27. The number of hydrogen-bond donors (Lipinski definition) is 1. The van der Waals surface area contributed by atoms with E-state index in [-0.39, 0.29) is 23.0 Å². The summed E-state index contributed by atoms with van der Waals surface area (Å²) in [6.45, 7) is -0.128. The van der Waals surface area contributed by atoms with Crippen LogP contribution < -0.4 is 5.32 Å². The van der Waals surface area contributed by atoms with E-state index in [0.717, 1.165) is 4.90 Å². The lowest BCUT2D eigenvalue weighted by Crippen LogP contribution is -2.34. The molecule has 2 rings (SSSR count). The maximum absolute atomic E-state index is 11.8. The molecule has 0 aliphatic carbocycles. The number of carbonyl (C=O) groups excluding carboxylic acids is 3. The number of carbonyl (C=O) groups is 3. The van der Waals surface area contributed by atoms with Crippen molar-refractivity contribution in [2.24, 2.45) is 0 Å². The minimum atomic E-state index is -0.709. The summed E-state index contributed by atoms with van der Waals surface area (Å²) in [4.78, 5) is 35.9. The van der Waals surface area contributed by atoms with Crippen LogP contribution in [0.3, 0.4) is 0 Å². The SMILES string of the molecule is O=C(CCN1C(=O)C(Cl)=C(Cl)C1=O)Nc1ccc(Cl)c(Cl)c1. The minimum Gasteiger partial charge on any atom is -0.326 e. The Morgan fingerprint density at radius 2 is 1.59 bits per heavy atom. The lowest BCUT2D eigenvalue weighted by molar-refractivity contribution is -0.137. The molecule has 1 heterocycles. The van der Waals surface area contributed by atoms with Gasteiger partial charge in [0, 0.05) is 18.7 Å². The van der Waals surface area contributed by atoms with Crippen molar-refractivity contribution in [3.63, 3.8) is 0 Å². The molecule has 0 bridgehead atoms. The molecule has 0 radical (unpaired) electrons.